The first-order valence-electron chi connectivity index (χ1n) is 12.4. The van der Waals surface area contributed by atoms with Crippen LogP contribution in [0, 0.1) is 11.7 Å². The molecule has 0 spiro atoms. The molecule has 2 aromatic carbocycles. The smallest absolute Gasteiger partial charge is 0.347 e. The van der Waals surface area contributed by atoms with E-state index in [9.17, 15) is 31.9 Å². The molecule has 2 aliphatic rings. The first-order chi connectivity index (χ1) is 17.5. The molecular formula is C27H29F4N3O3. The molecule has 3 atom stereocenters. The van der Waals surface area contributed by atoms with Gasteiger partial charge in [0, 0.05) is 18.5 Å². The summed E-state index contributed by atoms with van der Waals surface area (Å²) in [6.45, 7) is 3.25. The maximum absolute atomic E-state index is 14.8. The minimum Gasteiger partial charge on any atom is -0.347 e. The van der Waals surface area contributed by atoms with Gasteiger partial charge in [-0.25, -0.2) is 4.39 Å². The lowest BCUT2D eigenvalue weighted by Gasteiger charge is -2.31. The first-order valence-corrected chi connectivity index (χ1v) is 12.4. The van der Waals surface area contributed by atoms with Gasteiger partial charge in [-0.3, -0.25) is 14.4 Å². The summed E-state index contributed by atoms with van der Waals surface area (Å²) in [6.07, 6.45) is -1.67. The summed E-state index contributed by atoms with van der Waals surface area (Å²) in [4.78, 5) is 40.3. The Labute approximate surface area is 212 Å². The van der Waals surface area contributed by atoms with E-state index in [1.807, 2.05) is 6.92 Å². The van der Waals surface area contributed by atoms with Crippen molar-refractivity contribution in [1.82, 2.24) is 10.2 Å². The predicted octanol–water partition coefficient (Wildman–Crippen LogP) is 5.45. The number of carbonyl (C=O) groups excluding carboxylic acids is 3. The predicted molar refractivity (Wildman–Crippen MR) is 129 cm³/mol. The van der Waals surface area contributed by atoms with Gasteiger partial charge in [0.2, 0.25) is 11.8 Å². The average Bonchev–Trinajstić information content (AvgIpc) is 3.59. The third kappa shape index (κ3) is 5.78. The zero-order valence-corrected chi connectivity index (χ0v) is 20.6. The molecule has 1 aliphatic heterocycles. The van der Waals surface area contributed by atoms with Crippen LogP contribution >= 0.6 is 0 Å². The Kier molecular flexibility index (Phi) is 7.57. The number of anilines is 1. The van der Waals surface area contributed by atoms with Crippen molar-refractivity contribution in [3.63, 3.8) is 0 Å². The van der Waals surface area contributed by atoms with E-state index in [2.05, 4.69) is 10.6 Å². The number of halogens is 4. The molecule has 0 bridgehead atoms. The molecule has 37 heavy (non-hydrogen) atoms. The Morgan fingerprint density at radius 3 is 2.35 bits per heavy atom. The minimum atomic E-state index is -4.68. The van der Waals surface area contributed by atoms with Gasteiger partial charge in [0.1, 0.15) is 11.9 Å². The van der Waals surface area contributed by atoms with Crippen molar-refractivity contribution in [2.75, 3.05) is 5.32 Å². The lowest BCUT2D eigenvalue weighted by atomic mass is 9.99. The number of nitrogens with one attached hydrogen (secondary N) is 2. The molecule has 2 fully saturated rings. The molecule has 1 saturated carbocycles. The normalized spacial score (nSPS) is 20.4. The van der Waals surface area contributed by atoms with Crippen molar-refractivity contribution in [2.45, 2.75) is 70.3 Å². The van der Waals surface area contributed by atoms with Crippen LogP contribution in [0.2, 0.25) is 0 Å². The quantitative estimate of drug-likeness (QED) is 0.478. The van der Waals surface area contributed by atoms with Gasteiger partial charge in [0.15, 0.2) is 0 Å². The number of para-hydroxylation sites is 1. The third-order valence-electron chi connectivity index (χ3n) is 7.03. The van der Waals surface area contributed by atoms with E-state index in [0.29, 0.717) is 43.9 Å². The minimum absolute atomic E-state index is 0.00256. The molecule has 6 nitrogen and oxygen atoms in total. The second-order valence-corrected chi connectivity index (χ2v) is 9.65. The Morgan fingerprint density at radius 1 is 1.05 bits per heavy atom. The van der Waals surface area contributed by atoms with E-state index >= 15 is 0 Å². The highest BCUT2D eigenvalue weighted by molar-refractivity contribution is 6.05. The summed E-state index contributed by atoms with van der Waals surface area (Å²) in [6, 6.07) is 7.06. The molecule has 0 radical (unpaired) electrons. The lowest BCUT2D eigenvalue weighted by molar-refractivity contribution is -0.137. The van der Waals surface area contributed by atoms with E-state index in [-0.39, 0.29) is 29.0 Å². The standard InChI is InChI=1S/C27H29F4N3O3/c1-3-18-11-13-23(34(18)26(37)20-6-4-5-7-22(20)32-15(2)35)25(36)33-24(16-8-9-16)19-12-10-17(14-21(19)28)27(29,30)31/h4-7,10,12,14,16,18,23-24H,3,8-9,11,13H2,1-2H3,(H,32,35)(H,33,36)/t18-,23-,24?/m1/s1. The Morgan fingerprint density at radius 2 is 1.76 bits per heavy atom. The summed E-state index contributed by atoms with van der Waals surface area (Å²) in [5, 5.41) is 5.48. The van der Waals surface area contributed by atoms with Crippen LogP contribution in [0.4, 0.5) is 23.2 Å². The summed E-state index contributed by atoms with van der Waals surface area (Å²) >= 11 is 0. The van der Waals surface area contributed by atoms with Crippen molar-refractivity contribution in [3.05, 3.63) is 65.0 Å². The maximum atomic E-state index is 14.8. The second-order valence-electron chi connectivity index (χ2n) is 9.65. The average molecular weight is 520 g/mol. The number of alkyl halides is 3. The fraction of sp³-hybridized carbons (Fsp3) is 0.444. The monoisotopic (exact) mass is 519 g/mol. The summed E-state index contributed by atoms with van der Waals surface area (Å²) in [5.41, 5.74) is -0.499. The Balaban J connectivity index is 1.59. The molecule has 1 aliphatic carbocycles. The van der Waals surface area contributed by atoms with E-state index in [1.54, 1.807) is 24.3 Å². The number of rotatable bonds is 7. The van der Waals surface area contributed by atoms with E-state index in [0.717, 1.165) is 12.1 Å². The van der Waals surface area contributed by atoms with Crippen LogP contribution < -0.4 is 10.6 Å². The van der Waals surface area contributed by atoms with Gasteiger partial charge >= 0.3 is 6.18 Å². The number of amides is 3. The van der Waals surface area contributed by atoms with Crippen molar-refractivity contribution in [1.29, 1.82) is 0 Å². The topological polar surface area (TPSA) is 78.5 Å². The molecule has 1 saturated heterocycles. The van der Waals surface area contributed by atoms with E-state index < -0.39 is 41.5 Å². The molecule has 1 unspecified atom stereocenters. The highest BCUT2D eigenvalue weighted by Gasteiger charge is 2.43. The highest BCUT2D eigenvalue weighted by Crippen LogP contribution is 2.43. The SMILES string of the molecule is CC[C@@H]1CC[C@H](C(=O)NC(c2ccc(C(F)(F)F)cc2F)C2CC2)N1C(=O)c1ccccc1NC(C)=O. The Hall–Kier alpha value is -3.43. The zero-order valence-electron chi connectivity index (χ0n) is 20.6. The number of hydrogen-bond donors (Lipinski definition) is 2. The van der Waals surface area contributed by atoms with Gasteiger partial charge in [-0.15, -0.1) is 0 Å². The number of carbonyl (C=O) groups is 3. The van der Waals surface area contributed by atoms with Crippen LogP contribution in [0.15, 0.2) is 42.5 Å². The van der Waals surface area contributed by atoms with Crippen LogP contribution in [0.5, 0.6) is 0 Å². The fourth-order valence-electron chi connectivity index (χ4n) is 5.04. The second kappa shape index (κ2) is 10.5. The summed E-state index contributed by atoms with van der Waals surface area (Å²) in [5.74, 6) is -2.34. The van der Waals surface area contributed by atoms with Crippen LogP contribution in [0.1, 0.15) is 73.5 Å². The molecule has 198 valence electrons. The number of likely N-dealkylation sites (tertiary alicyclic amines) is 1. The number of hydrogen-bond acceptors (Lipinski definition) is 3. The number of nitrogens with zero attached hydrogens (tertiary/aromatic N) is 1. The molecule has 2 N–H and O–H groups in total. The van der Waals surface area contributed by atoms with E-state index in [4.69, 9.17) is 0 Å². The van der Waals surface area contributed by atoms with Gasteiger partial charge in [-0.2, -0.15) is 13.2 Å². The maximum Gasteiger partial charge on any atom is 0.416 e. The van der Waals surface area contributed by atoms with Gasteiger partial charge in [-0.1, -0.05) is 25.1 Å². The zero-order chi connectivity index (χ0) is 26.9. The van der Waals surface area contributed by atoms with Crippen LogP contribution in [-0.4, -0.2) is 34.7 Å². The van der Waals surface area contributed by atoms with Crippen LogP contribution in [0.25, 0.3) is 0 Å². The van der Waals surface area contributed by atoms with Gasteiger partial charge in [-0.05, 0) is 62.3 Å². The molecule has 0 aromatic heterocycles. The van der Waals surface area contributed by atoms with Crippen molar-refractivity contribution in [2.24, 2.45) is 5.92 Å². The molecule has 3 amide bonds. The van der Waals surface area contributed by atoms with Crippen LogP contribution in [0.3, 0.4) is 0 Å². The van der Waals surface area contributed by atoms with E-state index in [1.165, 1.54) is 11.8 Å². The van der Waals surface area contributed by atoms with Gasteiger partial charge in [0.05, 0.1) is 22.9 Å². The van der Waals surface area contributed by atoms with Crippen LogP contribution in [-0.2, 0) is 15.8 Å². The summed E-state index contributed by atoms with van der Waals surface area (Å²) in [7, 11) is 0. The van der Waals surface area contributed by atoms with Crippen molar-refractivity contribution < 1.29 is 31.9 Å². The molecule has 10 heteroatoms. The Bertz CT molecular complexity index is 1200. The largest absolute Gasteiger partial charge is 0.416 e. The van der Waals surface area contributed by atoms with Crippen molar-refractivity contribution in [3.8, 4) is 0 Å². The molecule has 1 heterocycles. The molecule has 2 aromatic rings. The van der Waals surface area contributed by atoms with Crippen molar-refractivity contribution >= 4 is 23.4 Å². The van der Waals surface area contributed by atoms with Gasteiger partial charge < -0.3 is 15.5 Å². The molecule has 4 rings (SSSR count). The molecular weight excluding hydrogens is 490 g/mol. The number of benzene rings is 2. The van der Waals surface area contributed by atoms with Gasteiger partial charge in [0.25, 0.3) is 5.91 Å². The first kappa shape index (κ1) is 26.6. The third-order valence-corrected chi connectivity index (χ3v) is 7.03. The highest BCUT2D eigenvalue weighted by atomic mass is 19.4. The summed E-state index contributed by atoms with van der Waals surface area (Å²) < 4.78 is 53.8. The fourth-order valence-corrected chi connectivity index (χ4v) is 5.04. The lowest BCUT2D eigenvalue weighted by Crippen LogP contribution is -2.50.